The number of nitrogens with one attached hydrogen (secondary N) is 1. The first-order valence-electron chi connectivity index (χ1n) is 4.04. The van der Waals surface area contributed by atoms with Gasteiger partial charge in [-0.25, -0.2) is 0 Å². The van der Waals surface area contributed by atoms with Crippen LogP contribution in [0.3, 0.4) is 0 Å². The van der Waals surface area contributed by atoms with Gasteiger partial charge in [-0.05, 0) is 40.2 Å². The van der Waals surface area contributed by atoms with Crippen LogP contribution in [0.5, 0.6) is 0 Å². The molecule has 1 rings (SSSR count). The fourth-order valence-corrected chi connectivity index (χ4v) is 1.49. The lowest BCUT2D eigenvalue weighted by Gasteiger charge is -2.04. The molecular weight excluding hydrogens is 298 g/mol. The van der Waals surface area contributed by atoms with Crippen LogP contribution in [0.4, 0.5) is 5.69 Å². The number of benzene rings is 1. The van der Waals surface area contributed by atoms with E-state index in [2.05, 4.69) is 27.8 Å². The van der Waals surface area contributed by atoms with Gasteiger partial charge in [-0.15, -0.1) is 0 Å². The molecule has 0 aliphatic heterocycles. The highest BCUT2D eigenvalue weighted by Gasteiger charge is 2.09. The summed E-state index contributed by atoms with van der Waals surface area (Å²) in [4.78, 5) is 10.9. The first-order valence-corrected chi connectivity index (χ1v) is 6.27. The highest BCUT2D eigenvalue weighted by molar-refractivity contribution is 9.12. The molecule has 1 aromatic rings. The zero-order valence-electron chi connectivity index (χ0n) is 7.97. The minimum Gasteiger partial charge on any atom is -0.322 e. The molecule has 0 aliphatic rings. The summed E-state index contributed by atoms with van der Waals surface area (Å²) in [6.07, 6.45) is 0. The Hall–Kier alpha value is -1.18. The average molecular weight is 306 g/mol. The number of hydrogen-bond acceptors (Lipinski definition) is 3. The molecule has 0 aliphatic carbocycles. The Morgan fingerprint density at radius 2 is 1.81 bits per heavy atom. The summed E-state index contributed by atoms with van der Waals surface area (Å²) in [7, 11) is -4.20. The number of halogens is 1. The van der Waals surface area contributed by atoms with Gasteiger partial charge in [0.2, 0.25) is 0 Å². The van der Waals surface area contributed by atoms with Crippen molar-refractivity contribution in [3.05, 3.63) is 35.3 Å². The lowest BCUT2D eigenvalue weighted by molar-refractivity contribution is -0.112. The lowest BCUT2D eigenvalue weighted by Crippen LogP contribution is -2.10. The van der Waals surface area contributed by atoms with Crippen molar-refractivity contribution >= 4 is 37.6 Å². The van der Waals surface area contributed by atoms with E-state index in [0.29, 0.717) is 5.69 Å². The summed E-state index contributed by atoms with van der Waals surface area (Å²) in [6.45, 7) is 3.38. The maximum absolute atomic E-state index is 11.2. The van der Waals surface area contributed by atoms with Crippen molar-refractivity contribution in [2.75, 3.05) is 5.32 Å². The van der Waals surface area contributed by atoms with Gasteiger partial charge in [0.1, 0.15) is 0 Å². The SMILES string of the molecule is C=C(Br)C(=O)Nc1ccc(S(=O)(=O)O)cc1. The Balaban J connectivity index is 2.88. The van der Waals surface area contributed by atoms with Crippen molar-refractivity contribution in [3.63, 3.8) is 0 Å². The summed E-state index contributed by atoms with van der Waals surface area (Å²) >= 11 is 2.90. The topological polar surface area (TPSA) is 83.5 Å². The van der Waals surface area contributed by atoms with E-state index >= 15 is 0 Å². The number of hydrogen-bond donors (Lipinski definition) is 2. The van der Waals surface area contributed by atoms with E-state index in [9.17, 15) is 13.2 Å². The average Bonchev–Trinajstić information content (AvgIpc) is 2.17. The fraction of sp³-hybridized carbons (Fsp3) is 0. The van der Waals surface area contributed by atoms with Crippen LogP contribution in [0, 0.1) is 0 Å². The molecule has 1 amide bonds. The predicted molar refractivity (Wildman–Crippen MR) is 63.0 cm³/mol. The molecular formula is C9H8BrNO4S. The van der Waals surface area contributed by atoms with Gasteiger partial charge in [0.05, 0.1) is 9.38 Å². The molecule has 0 bridgehead atoms. The number of carbonyl (C=O) groups excluding carboxylic acids is 1. The van der Waals surface area contributed by atoms with Gasteiger partial charge in [-0.3, -0.25) is 9.35 Å². The molecule has 86 valence electrons. The van der Waals surface area contributed by atoms with E-state index in [4.69, 9.17) is 4.55 Å². The second-order valence-corrected chi connectivity index (χ2v) is 5.24. The van der Waals surface area contributed by atoms with Crippen LogP contribution in [-0.2, 0) is 14.9 Å². The summed E-state index contributed by atoms with van der Waals surface area (Å²) in [5, 5.41) is 2.46. The Morgan fingerprint density at radius 3 is 2.19 bits per heavy atom. The van der Waals surface area contributed by atoms with Gasteiger partial charge in [0.15, 0.2) is 0 Å². The third-order valence-electron chi connectivity index (χ3n) is 1.66. The van der Waals surface area contributed by atoms with E-state index in [1.807, 2.05) is 0 Å². The van der Waals surface area contributed by atoms with Crippen LogP contribution in [0.2, 0.25) is 0 Å². The van der Waals surface area contributed by atoms with Crippen molar-refractivity contribution in [2.45, 2.75) is 4.90 Å². The minimum atomic E-state index is -4.20. The lowest BCUT2D eigenvalue weighted by atomic mass is 10.3. The van der Waals surface area contributed by atoms with Crippen LogP contribution in [0.25, 0.3) is 0 Å². The maximum Gasteiger partial charge on any atom is 0.294 e. The normalized spacial score (nSPS) is 10.9. The summed E-state index contributed by atoms with van der Waals surface area (Å²) in [6, 6.07) is 5.08. The number of rotatable bonds is 3. The van der Waals surface area contributed by atoms with E-state index in [1.165, 1.54) is 24.3 Å². The Labute approximate surface area is 101 Å². The molecule has 16 heavy (non-hydrogen) atoms. The highest BCUT2D eigenvalue weighted by atomic mass is 79.9. The first kappa shape index (κ1) is 12.9. The van der Waals surface area contributed by atoms with Crippen LogP contribution >= 0.6 is 15.9 Å². The van der Waals surface area contributed by atoms with Gasteiger partial charge in [-0.2, -0.15) is 8.42 Å². The third-order valence-corrected chi connectivity index (χ3v) is 2.88. The largest absolute Gasteiger partial charge is 0.322 e. The monoisotopic (exact) mass is 305 g/mol. The quantitative estimate of drug-likeness (QED) is 0.658. The molecule has 0 fully saturated rings. The molecule has 0 spiro atoms. The zero-order valence-corrected chi connectivity index (χ0v) is 10.4. The van der Waals surface area contributed by atoms with Crippen molar-refractivity contribution in [1.82, 2.24) is 0 Å². The van der Waals surface area contributed by atoms with E-state index in [0.717, 1.165) is 0 Å². The standard InChI is InChI=1S/C9H8BrNO4S/c1-6(10)9(12)11-7-2-4-8(5-3-7)16(13,14)15/h2-5H,1H2,(H,11,12)(H,13,14,15). The molecule has 0 unspecified atom stereocenters. The van der Waals surface area contributed by atoms with Crippen LogP contribution < -0.4 is 5.32 Å². The molecule has 7 heteroatoms. The van der Waals surface area contributed by atoms with Crippen molar-refractivity contribution < 1.29 is 17.8 Å². The summed E-state index contributed by atoms with van der Waals surface area (Å²) in [5.74, 6) is -0.431. The van der Waals surface area contributed by atoms with Crippen molar-refractivity contribution in [2.24, 2.45) is 0 Å². The van der Waals surface area contributed by atoms with Crippen LogP contribution in [0.1, 0.15) is 0 Å². The molecule has 0 atom stereocenters. The maximum atomic E-state index is 11.2. The predicted octanol–water partition coefficient (Wildman–Crippen LogP) is 1.78. The van der Waals surface area contributed by atoms with E-state index in [1.54, 1.807) is 0 Å². The van der Waals surface area contributed by atoms with E-state index in [-0.39, 0.29) is 9.38 Å². The van der Waals surface area contributed by atoms with Gasteiger partial charge in [0, 0.05) is 5.69 Å². The fourth-order valence-electron chi connectivity index (χ4n) is 0.909. The molecule has 2 N–H and O–H groups in total. The number of anilines is 1. The summed E-state index contributed by atoms with van der Waals surface area (Å²) in [5.41, 5.74) is 0.401. The third kappa shape index (κ3) is 3.44. The molecule has 0 heterocycles. The highest BCUT2D eigenvalue weighted by Crippen LogP contribution is 2.15. The van der Waals surface area contributed by atoms with Crippen LogP contribution in [-0.4, -0.2) is 18.9 Å². The Morgan fingerprint density at radius 1 is 1.31 bits per heavy atom. The Kier molecular flexibility index (Phi) is 3.84. The molecule has 0 aromatic heterocycles. The molecule has 0 saturated carbocycles. The van der Waals surface area contributed by atoms with Crippen molar-refractivity contribution in [1.29, 1.82) is 0 Å². The zero-order chi connectivity index (χ0) is 12.3. The van der Waals surface area contributed by atoms with Gasteiger partial charge >= 0.3 is 0 Å². The molecule has 5 nitrogen and oxygen atoms in total. The Bertz CT molecular complexity index is 521. The van der Waals surface area contributed by atoms with Gasteiger partial charge in [0.25, 0.3) is 16.0 Å². The van der Waals surface area contributed by atoms with Crippen LogP contribution in [0.15, 0.2) is 40.2 Å². The number of amides is 1. The molecule has 1 aromatic carbocycles. The van der Waals surface area contributed by atoms with Crippen molar-refractivity contribution in [3.8, 4) is 0 Å². The van der Waals surface area contributed by atoms with Gasteiger partial charge in [-0.1, -0.05) is 6.58 Å². The van der Waals surface area contributed by atoms with E-state index < -0.39 is 16.0 Å². The second-order valence-electron chi connectivity index (χ2n) is 2.86. The minimum absolute atomic E-state index is 0.159. The molecule has 0 saturated heterocycles. The molecule has 0 radical (unpaired) electrons. The first-order chi connectivity index (χ1) is 7.30. The van der Waals surface area contributed by atoms with Gasteiger partial charge < -0.3 is 5.32 Å². The second kappa shape index (κ2) is 4.77. The summed E-state index contributed by atoms with van der Waals surface area (Å²) < 4.78 is 30.3. The number of carbonyl (C=O) groups is 1. The smallest absolute Gasteiger partial charge is 0.294 e.